The van der Waals surface area contributed by atoms with E-state index < -0.39 is 5.82 Å². The predicted octanol–water partition coefficient (Wildman–Crippen LogP) is 6.80. The van der Waals surface area contributed by atoms with Gasteiger partial charge in [0.05, 0.1) is 28.4 Å². The summed E-state index contributed by atoms with van der Waals surface area (Å²) in [5.41, 5.74) is 1.36. The van der Waals surface area contributed by atoms with Gasteiger partial charge in [-0.15, -0.1) is 0 Å². The zero-order valence-corrected chi connectivity index (χ0v) is 22.5. The fourth-order valence-corrected chi connectivity index (χ4v) is 4.64. The molecular weight excluding hydrogens is 518 g/mol. The molecule has 0 saturated carbocycles. The third-order valence-electron chi connectivity index (χ3n) is 6.19. The van der Waals surface area contributed by atoms with E-state index in [1.165, 1.54) is 18.5 Å². The lowest BCUT2D eigenvalue weighted by Crippen LogP contribution is -2.42. The van der Waals surface area contributed by atoms with Crippen LogP contribution >= 0.6 is 23.2 Å². The molecule has 3 aromatic rings. The molecule has 0 atom stereocenters. The Morgan fingerprint density at radius 1 is 1.22 bits per heavy atom. The number of piperidine rings is 1. The first-order valence-electron chi connectivity index (χ1n) is 12.0. The van der Waals surface area contributed by atoms with Crippen LogP contribution in [0.2, 0.25) is 10.0 Å². The summed E-state index contributed by atoms with van der Waals surface area (Å²) in [6.07, 6.45) is 3.30. The number of fused-ring (bicyclic) bond motifs is 1. The standard InChI is InChI=1S/C27H29Cl2FN4O3/c1-15(2)11-16(3)27(35)34-9-7-17(8-10-34)37-23-12-18-21(13-22(23)36-4)31-14-32-26(18)33-20-6-5-19(28)24(29)25(20)30/h5-6,12-15,17H,3,7-11H2,1-2,4H3,(H,31,32,33). The molecule has 2 aromatic carbocycles. The van der Waals surface area contributed by atoms with Gasteiger partial charge in [-0.25, -0.2) is 14.4 Å². The fourth-order valence-electron chi connectivity index (χ4n) is 4.33. The lowest BCUT2D eigenvalue weighted by atomic mass is 10.0. The first-order valence-corrected chi connectivity index (χ1v) is 12.8. The average Bonchev–Trinajstić information content (AvgIpc) is 2.88. The molecule has 37 heavy (non-hydrogen) atoms. The van der Waals surface area contributed by atoms with E-state index >= 15 is 0 Å². The monoisotopic (exact) mass is 546 g/mol. The fraction of sp³-hybridized carbons (Fsp3) is 0.370. The van der Waals surface area contributed by atoms with Crippen LogP contribution in [0, 0.1) is 11.7 Å². The number of hydrogen-bond acceptors (Lipinski definition) is 6. The molecule has 196 valence electrons. The summed E-state index contributed by atoms with van der Waals surface area (Å²) in [6, 6.07) is 6.51. The topological polar surface area (TPSA) is 76.6 Å². The molecule has 0 unspecified atom stereocenters. The third kappa shape index (κ3) is 6.08. The maximum absolute atomic E-state index is 14.7. The van der Waals surface area contributed by atoms with Crippen LogP contribution in [0.15, 0.2) is 42.7 Å². The van der Waals surface area contributed by atoms with Crippen molar-refractivity contribution in [2.75, 3.05) is 25.5 Å². The molecule has 2 heterocycles. The zero-order chi connectivity index (χ0) is 26.7. The number of nitrogens with zero attached hydrogens (tertiary/aromatic N) is 3. The van der Waals surface area contributed by atoms with Crippen LogP contribution in [0.3, 0.4) is 0 Å². The highest BCUT2D eigenvalue weighted by Gasteiger charge is 2.26. The molecule has 4 rings (SSSR count). The number of rotatable bonds is 8. The van der Waals surface area contributed by atoms with E-state index in [1.807, 2.05) is 4.90 Å². The van der Waals surface area contributed by atoms with Gasteiger partial charge in [-0.1, -0.05) is 43.6 Å². The number of carbonyl (C=O) groups is 1. The molecule has 1 fully saturated rings. The summed E-state index contributed by atoms with van der Waals surface area (Å²) >= 11 is 11.9. The van der Waals surface area contributed by atoms with Crippen molar-refractivity contribution in [3.63, 3.8) is 0 Å². The highest BCUT2D eigenvalue weighted by atomic mass is 35.5. The van der Waals surface area contributed by atoms with Crippen LogP contribution in [-0.2, 0) is 4.79 Å². The minimum atomic E-state index is -0.678. The minimum Gasteiger partial charge on any atom is -0.493 e. The Hall–Kier alpha value is -3.10. The summed E-state index contributed by atoms with van der Waals surface area (Å²) in [5, 5.41) is 3.54. The van der Waals surface area contributed by atoms with E-state index in [0.29, 0.717) is 72.1 Å². The van der Waals surface area contributed by atoms with Crippen molar-refractivity contribution in [3.8, 4) is 11.5 Å². The maximum Gasteiger partial charge on any atom is 0.249 e. The number of benzene rings is 2. The second-order valence-electron chi connectivity index (χ2n) is 9.40. The van der Waals surface area contributed by atoms with Crippen LogP contribution in [0.5, 0.6) is 11.5 Å². The molecule has 10 heteroatoms. The van der Waals surface area contributed by atoms with Crippen molar-refractivity contribution in [2.24, 2.45) is 5.92 Å². The smallest absolute Gasteiger partial charge is 0.249 e. The molecule has 0 aliphatic carbocycles. The van der Waals surface area contributed by atoms with Crippen molar-refractivity contribution >= 4 is 51.5 Å². The first-order chi connectivity index (χ1) is 17.7. The Morgan fingerprint density at radius 2 is 1.95 bits per heavy atom. The van der Waals surface area contributed by atoms with Gasteiger partial charge >= 0.3 is 0 Å². The third-order valence-corrected chi connectivity index (χ3v) is 6.97. The van der Waals surface area contributed by atoms with E-state index in [2.05, 4.69) is 35.7 Å². The van der Waals surface area contributed by atoms with Crippen LogP contribution in [0.4, 0.5) is 15.9 Å². The van der Waals surface area contributed by atoms with Gasteiger partial charge in [-0.2, -0.15) is 0 Å². The lowest BCUT2D eigenvalue weighted by molar-refractivity contribution is -0.129. The van der Waals surface area contributed by atoms with Crippen molar-refractivity contribution in [2.45, 2.75) is 39.2 Å². The predicted molar refractivity (Wildman–Crippen MR) is 145 cm³/mol. The first kappa shape index (κ1) is 26.9. The summed E-state index contributed by atoms with van der Waals surface area (Å²) in [4.78, 5) is 23.1. The maximum atomic E-state index is 14.7. The Kier molecular flexibility index (Phi) is 8.39. The van der Waals surface area contributed by atoms with Gasteiger partial charge in [-0.05, 0) is 30.5 Å². The summed E-state index contributed by atoms with van der Waals surface area (Å²) in [5.74, 6) is 1.12. The number of ether oxygens (including phenoxy) is 2. The highest BCUT2D eigenvalue weighted by molar-refractivity contribution is 6.42. The number of aromatic nitrogens is 2. The number of carbonyl (C=O) groups excluding carboxylic acids is 1. The molecule has 0 bridgehead atoms. The van der Waals surface area contributed by atoms with Gasteiger partial charge in [0.15, 0.2) is 17.3 Å². The number of hydrogen-bond donors (Lipinski definition) is 1. The van der Waals surface area contributed by atoms with Gasteiger partial charge in [0.2, 0.25) is 5.91 Å². The summed E-state index contributed by atoms with van der Waals surface area (Å²) < 4.78 is 26.5. The molecule has 1 aliphatic heterocycles. The van der Waals surface area contributed by atoms with E-state index in [0.717, 1.165) is 0 Å². The number of methoxy groups -OCH3 is 1. The SMILES string of the molecule is C=C(CC(C)C)C(=O)N1CCC(Oc2cc3c(Nc4ccc(Cl)c(Cl)c4F)ncnc3cc2OC)CC1. The number of halogens is 3. The molecule has 7 nitrogen and oxygen atoms in total. The van der Waals surface area contributed by atoms with Gasteiger partial charge in [0, 0.05) is 43.0 Å². The molecule has 0 spiro atoms. The second kappa shape index (κ2) is 11.5. The van der Waals surface area contributed by atoms with E-state index in [4.69, 9.17) is 32.7 Å². The molecule has 1 N–H and O–H groups in total. The average molecular weight is 547 g/mol. The van der Waals surface area contributed by atoms with Gasteiger partial charge in [0.1, 0.15) is 18.2 Å². The van der Waals surface area contributed by atoms with E-state index in [9.17, 15) is 9.18 Å². The number of nitrogens with one attached hydrogen (secondary N) is 1. The summed E-state index contributed by atoms with van der Waals surface area (Å²) in [7, 11) is 1.56. The molecule has 1 amide bonds. The molecular formula is C27H29Cl2FN4O3. The van der Waals surface area contributed by atoms with E-state index in [1.54, 1.807) is 19.2 Å². The lowest BCUT2D eigenvalue weighted by Gasteiger charge is -2.33. The van der Waals surface area contributed by atoms with Crippen LogP contribution in [0.1, 0.15) is 33.1 Å². The van der Waals surface area contributed by atoms with Crippen LogP contribution in [-0.4, -0.2) is 47.1 Å². The Morgan fingerprint density at radius 3 is 2.62 bits per heavy atom. The van der Waals surface area contributed by atoms with Gasteiger partial charge < -0.3 is 19.7 Å². The van der Waals surface area contributed by atoms with Crippen molar-refractivity contribution in [1.29, 1.82) is 0 Å². The molecule has 0 radical (unpaired) electrons. The molecule has 1 aliphatic rings. The largest absolute Gasteiger partial charge is 0.493 e. The van der Waals surface area contributed by atoms with Crippen LogP contribution in [0.25, 0.3) is 10.9 Å². The normalized spacial score (nSPS) is 14.2. The van der Waals surface area contributed by atoms with Gasteiger partial charge in [-0.3, -0.25) is 4.79 Å². The number of amides is 1. The van der Waals surface area contributed by atoms with Gasteiger partial charge in [0.25, 0.3) is 0 Å². The highest BCUT2D eigenvalue weighted by Crippen LogP contribution is 2.37. The van der Waals surface area contributed by atoms with Crippen molar-refractivity contribution in [1.82, 2.24) is 14.9 Å². The Bertz CT molecular complexity index is 1330. The Labute approximate surface area is 225 Å². The van der Waals surface area contributed by atoms with E-state index in [-0.39, 0.29) is 27.7 Å². The number of likely N-dealkylation sites (tertiary alicyclic amines) is 1. The van der Waals surface area contributed by atoms with Crippen LogP contribution < -0.4 is 14.8 Å². The number of anilines is 2. The molecule has 1 saturated heterocycles. The zero-order valence-electron chi connectivity index (χ0n) is 21.0. The van der Waals surface area contributed by atoms with Crippen molar-refractivity contribution in [3.05, 3.63) is 58.6 Å². The Balaban J connectivity index is 1.53. The van der Waals surface area contributed by atoms with Crippen molar-refractivity contribution < 1.29 is 18.7 Å². The quantitative estimate of drug-likeness (QED) is 0.247. The minimum absolute atomic E-state index is 0.0119. The second-order valence-corrected chi connectivity index (χ2v) is 10.2. The molecule has 1 aromatic heterocycles. The summed E-state index contributed by atoms with van der Waals surface area (Å²) in [6.45, 7) is 9.28.